The average Bonchev–Trinajstić information content (AvgIpc) is 2.87. The van der Waals surface area contributed by atoms with Gasteiger partial charge in [0.2, 0.25) is 0 Å². The van der Waals surface area contributed by atoms with Crippen LogP contribution in [0.1, 0.15) is 20.7 Å². The van der Waals surface area contributed by atoms with E-state index in [1.165, 1.54) is 19.2 Å². The lowest BCUT2D eigenvalue weighted by Gasteiger charge is -2.10. The number of hydrogen-bond donors (Lipinski definition) is 0. The lowest BCUT2D eigenvalue weighted by Crippen LogP contribution is -2.21. The summed E-state index contributed by atoms with van der Waals surface area (Å²) in [5, 5.41) is 0. The van der Waals surface area contributed by atoms with Gasteiger partial charge in [0.1, 0.15) is 12.7 Å². The molecule has 0 spiro atoms. The molecule has 20 heavy (non-hydrogen) atoms. The van der Waals surface area contributed by atoms with Gasteiger partial charge in [0.25, 0.3) is 0 Å². The van der Waals surface area contributed by atoms with Gasteiger partial charge in [-0.25, -0.2) is 9.36 Å². The molecule has 0 bridgehead atoms. The molecule has 0 aromatic heterocycles. The fraction of sp³-hybridized carbons (Fsp3) is 0.333. The van der Waals surface area contributed by atoms with Crippen LogP contribution in [-0.4, -0.2) is 38.7 Å². The number of ether oxygens (including phenoxy) is 1. The lowest BCUT2D eigenvalue weighted by atomic mass is 10.1. The number of carbonyl (C=O) groups is 2. The smallest absolute Gasteiger partial charge is 0.459 e. The van der Waals surface area contributed by atoms with Crippen molar-refractivity contribution in [1.29, 1.82) is 0 Å². The molecule has 1 aromatic rings. The average molecular weight is 300 g/mol. The zero-order chi connectivity index (χ0) is 14.6. The molecule has 0 saturated carbocycles. The Morgan fingerprint density at radius 2 is 2.25 bits per heavy atom. The van der Waals surface area contributed by atoms with Gasteiger partial charge in [-0.05, 0) is 6.07 Å². The molecular weight excluding hydrogens is 287 g/mol. The normalized spacial score (nSPS) is 25.4. The van der Waals surface area contributed by atoms with Crippen LogP contribution < -0.4 is 0 Å². The molecule has 7 nitrogen and oxygen atoms in total. The third kappa shape index (κ3) is 3.32. The van der Waals surface area contributed by atoms with E-state index < -0.39 is 19.9 Å². The van der Waals surface area contributed by atoms with Gasteiger partial charge >= 0.3 is 13.8 Å². The fourth-order valence-corrected chi connectivity index (χ4v) is 2.71. The summed E-state index contributed by atoms with van der Waals surface area (Å²) < 4.78 is 31.0. The number of hydrogen-bond acceptors (Lipinski definition) is 7. The van der Waals surface area contributed by atoms with E-state index >= 15 is 0 Å². The van der Waals surface area contributed by atoms with Crippen LogP contribution in [0.3, 0.4) is 0 Å². The number of esters is 1. The highest BCUT2D eigenvalue weighted by Gasteiger charge is 2.38. The van der Waals surface area contributed by atoms with Crippen LogP contribution in [0.2, 0.25) is 0 Å². The summed E-state index contributed by atoms with van der Waals surface area (Å²) in [5.74, 6) is -0.657. The van der Waals surface area contributed by atoms with Crippen LogP contribution >= 0.6 is 7.82 Å². The van der Waals surface area contributed by atoms with Crippen LogP contribution in [0.4, 0.5) is 0 Å². The van der Waals surface area contributed by atoms with Gasteiger partial charge < -0.3 is 4.74 Å². The van der Waals surface area contributed by atoms with Crippen LogP contribution in [0.15, 0.2) is 24.3 Å². The number of benzene rings is 1. The minimum absolute atomic E-state index is 0.00766. The SMILES string of the molecule is COP1(=O)OCC(COC(=O)c2ccccc2C=O)O1. The summed E-state index contributed by atoms with van der Waals surface area (Å²) in [5.41, 5.74) is 0.403. The first-order valence-corrected chi connectivity index (χ1v) is 7.24. The summed E-state index contributed by atoms with van der Waals surface area (Å²) in [4.78, 5) is 22.6. The number of carbonyl (C=O) groups excluding carboxylic acids is 2. The standard InChI is InChI=1S/C12H13O7P/c1-16-20(15)18-8-10(19-20)7-17-12(14)11-5-3-2-4-9(11)6-13/h2-6,10H,7-8H2,1H3. The van der Waals surface area contributed by atoms with Crippen LogP contribution in [0.5, 0.6) is 0 Å². The van der Waals surface area contributed by atoms with Crippen molar-refractivity contribution < 1.29 is 32.5 Å². The second-order valence-corrected chi connectivity index (χ2v) is 5.69. The Labute approximate surface area is 115 Å². The molecule has 108 valence electrons. The molecule has 1 aliphatic heterocycles. The van der Waals surface area contributed by atoms with Gasteiger partial charge in [0.05, 0.1) is 12.2 Å². The summed E-state index contributed by atoms with van der Waals surface area (Å²) >= 11 is 0. The molecule has 2 unspecified atom stereocenters. The topological polar surface area (TPSA) is 88.1 Å². The van der Waals surface area contributed by atoms with Crippen LogP contribution in [0, 0.1) is 0 Å². The van der Waals surface area contributed by atoms with Crippen molar-refractivity contribution in [1.82, 2.24) is 0 Å². The van der Waals surface area contributed by atoms with Gasteiger partial charge in [-0.3, -0.25) is 18.4 Å². The molecule has 0 amide bonds. The van der Waals surface area contributed by atoms with Crippen molar-refractivity contribution in [2.45, 2.75) is 6.10 Å². The van der Waals surface area contributed by atoms with Crippen molar-refractivity contribution in [2.75, 3.05) is 20.3 Å². The number of phosphoric ester groups is 1. The number of aldehydes is 1. The minimum Gasteiger partial charge on any atom is -0.459 e. The van der Waals surface area contributed by atoms with Crippen molar-refractivity contribution >= 4 is 20.1 Å². The maximum absolute atomic E-state index is 11.8. The maximum atomic E-state index is 11.8. The third-order valence-electron chi connectivity index (χ3n) is 2.63. The molecule has 1 aromatic carbocycles. The Balaban J connectivity index is 1.93. The molecule has 8 heteroatoms. The third-order valence-corrected chi connectivity index (χ3v) is 4.10. The summed E-state index contributed by atoms with van der Waals surface area (Å²) in [6, 6.07) is 6.26. The molecule has 2 atom stereocenters. The molecule has 1 heterocycles. The highest BCUT2D eigenvalue weighted by molar-refractivity contribution is 7.48. The molecule has 2 rings (SSSR count). The zero-order valence-electron chi connectivity index (χ0n) is 10.7. The molecule has 0 N–H and O–H groups in total. The Kier molecular flexibility index (Phi) is 4.67. The van der Waals surface area contributed by atoms with Crippen LogP contribution in [0.25, 0.3) is 0 Å². The summed E-state index contributed by atoms with van der Waals surface area (Å²) in [7, 11) is -2.30. The minimum atomic E-state index is -3.50. The Bertz CT molecular complexity index is 556. The van der Waals surface area contributed by atoms with Crippen LogP contribution in [-0.2, 0) is 22.9 Å². The van der Waals surface area contributed by atoms with Gasteiger partial charge in [0.15, 0.2) is 6.29 Å². The Hall–Kier alpha value is -1.53. The molecular formula is C12H13O7P. The highest BCUT2D eigenvalue weighted by atomic mass is 31.2. The van der Waals surface area contributed by atoms with Crippen molar-refractivity contribution in [3.05, 3.63) is 35.4 Å². The predicted octanol–water partition coefficient (Wildman–Crippen LogP) is 1.83. The van der Waals surface area contributed by atoms with Gasteiger partial charge in [0, 0.05) is 12.7 Å². The fourth-order valence-electron chi connectivity index (χ4n) is 1.62. The molecule has 0 aliphatic carbocycles. The second-order valence-electron chi connectivity index (χ2n) is 3.96. The van der Waals surface area contributed by atoms with E-state index in [1.54, 1.807) is 12.1 Å². The van der Waals surface area contributed by atoms with E-state index in [9.17, 15) is 14.2 Å². The van der Waals surface area contributed by atoms with E-state index in [4.69, 9.17) is 13.8 Å². The highest BCUT2D eigenvalue weighted by Crippen LogP contribution is 2.54. The first kappa shape index (κ1) is 14.9. The molecule has 1 saturated heterocycles. The van der Waals surface area contributed by atoms with E-state index in [-0.39, 0.29) is 24.3 Å². The van der Waals surface area contributed by atoms with Gasteiger partial charge in [-0.1, -0.05) is 18.2 Å². The largest absolute Gasteiger partial charge is 0.475 e. The molecule has 0 radical (unpaired) electrons. The predicted molar refractivity (Wildman–Crippen MR) is 67.6 cm³/mol. The van der Waals surface area contributed by atoms with E-state index in [2.05, 4.69) is 4.52 Å². The van der Waals surface area contributed by atoms with Gasteiger partial charge in [-0.15, -0.1) is 0 Å². The summed E-state index contributed by atoms with van der Waals surface area (Å²) in [6.45, 7) is -0.132. The number of rotatable bonds is 5. The van der Waals surface area contributed by atoms with E-state index in [0.29, 0.717) is 6.29 Å². The van der Waals surface area contributed by atoms with E-state index in [0.717, 1.165) is 0 Å². The second kappa shape index (κ2) is 6.28. The maximum Gasteiger partial charge on any atom is 0.475 e. The monoisotopic (exact) mass is 300 g/mol. The Morgan fingerprint density at radius 3 is 2.90 bits per heavy atom. The lowest BCUT2D eigenvalue weighted by molar-refractivity contribution is 0.0333. The molecule has 1 fully saturated rings. The van der Waals surface area contributed by atoms with Crippen molar-refractivity contribution in [3.8, 4) is 0 Å². The number of phosphoric acid groups is 1. The van der Waals surface area contributed by atoms with Crippen molar-refractivity contribution in [3.63, 3.8) is 0 Å². The Morgan fingerprint density at radius 1 is 1.50 bits per heavy atom. The van der Waals surface area contributed by atoms with Gasteiger partial charge in [-0.2, -0.15) is 0 Å². The van der Waals surface area contributed by atoms with E-state index in [1.807, 2.05) is 0 Å². The zero-order valence-corrected chi connectivity index (χ0v) is 11.6. The quantitative estimate of drug-likeness (QED) is 0.465. The molecule has 1 aliphatic rings. The first-order valence-electron chi connectivity index (χ1n) is 5.78. The summed E-state index contributed by atoms with van der Waals surface area (Å²) in [6.07, 6.45) is -0.0848. The van der Waals surface area contributed by atoms with Crippen molar-refractivity contribution in [2.24, 2.45) is 0 Å². The first-order chi connectivity index (χ1) is 9.58.